The molecule has 0 spiro atoms. The molecule has 5 rings (SSSR count). The van der Waals surface area contributed by atoms with Gasteiger partial charge in [0.15, 0.2) is 0 Å². The molecule has 4 nitrogen and oxygen atoms in total. The lowest BCUT2D eigenvalue weighted by atomic mass is 10.00. The Morgan fingerprint density at radius 2 is 1.67 bits per heavy atom. The minimum absolute atomic E-state index is 0.0730. The van der Waals surface area contributed by atoms with Gasteiger partial charge in [-0.15, -0.1) is 0 Å². The summed E-state index contributed by atoms with van der Waals surface area (Å²) in [7, 11) is 0. The molecule has 3 aromatic rings. The second-order valence-corrected chi connectivity index (χ2v) is 10.9. The average Bonchev–Trinajstić information content (AvgIpc) is 2.98. The quantitative estimate of drug-likeness (QED) is 0.276. The number of benzene rings is 3. The molecule has 3 aromatic carbocycles. The van der Waals surface area contributed by atoms with E-state index in [1.54, 1.807) is 11.8 Å². The summed E-state index contributed by atoms with van der Waals surface area (Å²) in [5.74, 6) is -0.0730. The monoisotopic (exact) mass is 567 g/mol. The lowest BCUT2D eigenvalue weighted by Gasteiger charge is -2.38. The molecular weight excluding hydrogens is 541 g/mol. The van der Waals surface area contributed by atoms with Gasteiger partial charge in [0.25, 0.3) is 5.91 Å². The summed E-state index contributed by atoms with van der Waals surface area (Å²) in [6.07, 6.45) is 3.42. The topological polar surface area (TPSA) is 44.7 Å². The molecule has 2 aliphatic rings. The van der Waals surface area contributed by atoms with Crippen LogP contribution in [0.5, 0.6) is 0 Å². The van der Waals surface area contributed by atoms with E-state index >= 15 is 0 Å². The van der Waals surface area contributed by atoms with Gasteiger partial charge in [-0.05, 0) is 79.6 Å². The van der Waals surface area contributed by atoms with Crippen LogP contribution in [0, 0.1) is 3.57 Å². The van der Waals surface area contributed by atoms with E-state index in [4.69, 9.17) is 4.99 Å². The normalized spacial score (nSPS) is 20.3. The third kappa shape index (κ3) is 4.61. The van der Waals surface area contributed by atoms with Crippen LogP contribution in [0.15, 0.2) is 81.5 Å². The third-order valence-corrected chi connectivity index (χ3v) is 8.45. The van der Waals surface area contributed by atoms with Gasteiger partial charge >= 0.3 is 0 Å². The fourth-order valence-electron chi connectivity index (χ4n) is 4.56. The van der Waals surface area contributed by atoms with Crippen LogP contribution in [0.25, 0.3) is 0 Å². The largest absolute Gasteiger partial charge is 0.284 e. The maximum atomic E-state index is 13.2. The Hall–Kier alpha value is -2.16. The number of nitrogens with zero attached hydrogens (tertiary/aromatic N) is 2. The number of aliphatic imine (C=N–C) groups is 1. The van der Waals surface area contributed by atoms with E-state index in [2.05, 4.69) is 83.3 Å². The Kier molecular flexibility index (Phi) is 6.58. The van der Waals surface area contributed by atoms with Crippen molar-refractivity contribution in [3.05, 3.63) is 87.0 Å². The lowest BCUT2D eigenvalue weighted by Crippen LogP contribution is -2.54. The molecular formula is C27H26IN3OS. The molecule has 2 heterocycles. The van der Waals surface area contributed by atoms with Crippen molar-refractivity contribution in [1.82, 2.24) is 10.4 Å². The van der Waals surface area contributed by atoms with Crippen molar-refractivity contribution < 1.29 is 4.79 Å². The highest BCUT2D eigenvalue weighted by atomic mass is 127. The van der Waals surface area contributed by atoms with Crippen molar-refractivity contribution >= 4 is 51.7 Å². The summed E-state index contributed by atoms with van der Waals surface area (Å²) in [5, 5.41) is 2.11. The number of rotatable bonds is 3. The minimum Gasteiger partial charge on any atom is -0.284 e. The summed E-state index contributed by atoms with van der Waals surface area (Å²) < 4.78 is 1.15. The second kappa shape index (κ2) is 9.60. The fourth-order valence-corrected chi connectivity index (χ4v) is 6.21. The van der Waals surface area contributed by atoms with Crippen molar-refractivity contribution in [3.8, 4) is 0 Å². The predicted octanol–water partition coefficient (Wildman–Crippen LogP) is 6.83. The Labute approximate surface area is 213 Å². The number of hydrogen-bond acceptors (Lipinski definition) is 4. The molecule has 2 aliphatic heterocycles. The van der Waals surface area contributed by atoms with E-state index in [0.29, 0.717) is 17.6 Å². The van der Waals surface area contributed by atoms with Crippen LogP contribution in [-0.2, 0) is 0 Å². The average molecular weight is 567 g/mol. The van der Waals surface area contributed by atoms with Crippen molar-refractivity contribution in [1.29, 1.82) is 0 Å². The third-order valence-electron chi connectivity index (χ3n) is 6.37. The van der Waals surface area contributed by atoms with Gasteiger partial charge in [-0.2, -0.15) is 0 Å². The molecule has 1 fully saturated rings. The summed E-state index contributed by atoms with van der Waals surface area (Å²) in [6, 6.07) is 23.2. The van der Waals surface area contributed by atoms with Crippen LogP contribution in [0.2, 0.25) is 0 Å². The summed E-state index contributed by atoms with van der Waals surface area (Å²) in [5.41, 5.74) is 7.79. The smallest absolute Gasteiger partial charge is 0.265 e. The minimum atomic E-state index is -0.0730. The number of carbonyl (C=O) groups is 1. The van der Waals surface area contributed by atoms with Crippen LogP contribution in [-0.4, -0.2) is 28.7 Å². The number of carbonyl (C=O) groups excluding carboxylic acids is 1. The maximum absolute atomic E-state index is 13.2. The number of hydrazine groups is 1. The SMILES string of the molecule is C[C@@H]1CCC[C@H](C)N1NC(=O)c1ccc2c(c1)N=C(c1ccccc1I)c1ccccc1S2. The van der Waals surface area contributed by atoms with E-state index in [0.717, 1.165) is 43.8 Å². The molecule has 0 bridgehead atoms. The first kappa shape index (κ1) is 22.6. The van der Waals surface area contributed by atoms with Crippen LogP contribution < -0.4 is 5.43 Å². The molecule has 0 aromatic heterocycles. The number of fused-ring (bicyclic) bond motifs is 2. The van der Waals surface area contributed by atoms with E-state index in [1.807, 2.05) is 30.3 Å². The molecule has 0 radical (unpaired) electrons. The first-order valence-corrected chi connectivity index (χ1v) is 13.2. The predicted molar refractivity (Wildman–Crippen MR) is 144 cm³/mol. The maximum Gasteiger partial charge on any atom is 0.265 e. The molecule has 33 heavy (non-hydrogen) atoms. The molecule has 6 heteroatoms. The number of nitrogens with one attached hydrogen (secondary N) is 1. The Morgan fingerprint density at radius 3 is 2.42 bits per heavy atom. The van der Waals surface area contributed by atoms with E-state index in [1.165, 1.54) is 11.3 Å². The zero-order valence-electron chi connectivity index (χ0n) is 18.7. The van der Waals surface area contributed by atoms with Gasteiger partial charge in [-0.1, -0.05) is 54.6 Å². The van der Waals surface area contributed by atoms with Gasteiger partial charge < -0.3 is 0 Å². The number of piperidine rings is 1. The van der Waals surface area contributed by atoms with Gasteiger partial charge in [-0.25, -0.2) is 10.0 Å². The van der Waals surface area contributed by atoms with Gasteiger partial charge in [0, 0.05) is 42.1 Å². The van der Waals surface area contributed by atoms with Gasteiger partial charge in [0.1, 0.15) is 0 Å². The highest BCUT2D eigenvalue weighted by molar-refractivity contribution is 14.1. The number of halogens is 1. The van der Waals surface area contributed by atoms with Crippen LogP contribution in [0.4, 0.5) is 5.69 Å². The Morgan fingerprint density at radius 1 is 0.970 bits per heavy atom. The summed E-state index contributed by atoms with van der Waals surface area (Å²) in [6.45, 7) is 4.36. The molecule has 0 unspecified atom stereocenters. The highest BCUT2D eigenvalue weighted by Gasteiger charge is 2.27. The molecule has 0 aliphatic carbocycles. The molecule has 1 N–H and O–H groups in total. The van der Waals surface area contributed by atoms with E-state index in [-0.39, 0.29) is 5.91 Å². The fraction of sp³-hybridized carbons (Fsp3) is 0.259. The second-order valence-electron chi connectivity index (χ2n) is 8.70. The first-order chi connectivity index (χ1) is 16.0. The number of amides is 1. The molecule has 0 saturated carbocycles. The Balaban J connectivity index is 1.54. The van der Waals surface area contributed by atoms with Crippen molar-refractivity contribution in [3.63, 3.8) is 0 Å². The van der Waals surface area contributed by atoms with E-state index < -0.39 is 0 Å². The van der Waals surface area contributed by atoms with Crippen molar-refractivity contribution in [2.24, 2.45) is 4.99 Å². The zero-order valence-corrected chi connectivity index (χ0v) is 21.7. The molecule has 1 amide bonds. The number of hydrogen-bond donors (Lipinski definition) is 1. The first-order valence-electron chi connectivity index (χ1n) is 11.4. The lowest BCUT2D eigenvalue weighted by molar-refractivity contribution is 0.0370. The highest BCUT2D eigenvalue weighted by Crippen LogP contribution is 2.42. The molecule has 168 valence electrons. The summed E-state index contributed by atoms with van der Waals surface area (Å²) >= 11 is 4.07. The van der Waals surface area contributed by atoms with Crippen molar-refractivity contribution in [2.75, 3.05) is 0 Å². The van der Waals surface area contributed by atoms with Crippen molar-refractivity contribution in [2.45, 2.75) is 55.0 Å². The summed E-state index contributed by atoms with van der Waals surface area (Å²) in [4.78, 5) is 20.5. The van der Waals surface area contributed by atoms with Crippen LogP contribution >= 0.6 is 34.4 Å². The van der Waals surface area contributed by atoms with Crippen LogP contribution in [0.3, 0.4) is 0 Å². The van der Waals surface area contributed by atoms with Gasteiger partial charge in [0.2, 0.25) is 0 Å². The zero-order chi connectivity index (χ0) is 22.9. The molecule has 2 atom stereocenters. The Bertz CT molecular complexity index is 1230. The van der Waals surface area contributed by atoms with Crippen LogP contribution in [0.1, 0.15) is 54.6 Å². The van der Waals surface area contributed by atoms with E-state index in [9.17, 15) is 4.79 Å². The standard InChI is InChI=1S/C27H26IN3OS/c1-17-8-7-9-18(2)31(17)30-27(32)19-14-15-25-23(16-19)29-26(20-10-3-5-12-22(20)28)21-11-4-6-13-24(21)33-25/h3-6,10-18H,7-9H2,1-2H3,(H,30,32)/t17-,18+. The van der Waals surface area contributed by atoms with Gasteiger partial charge in [-0.3, -0.25) is 10.2 Å². The van der Waals surface area contributed by atoms with Gasteiger partial charge in [0.05, 0.1) is 11.4 Å². The molecule has 1 saturated heterocycles.